The average Bonchev–Trinajstić information content (AvgIpc) is 3.09. The number of furan rings is 1. The number of aryl methyl sites for hydroxylation is 1. The highest BCUT2D eigenvalue weighted by Gasteiger charge is 2.37. The van der Waals surface area contributed by atoms with Crippen LogP contribution in [0, 0.1) is 0 Å². The van der Waals surface area contributed by atoms with Gasteiger partial charge in [-0.05, 0) is 12.1 Å². The second-order valence-electron chi connectivity index (χ2n) is 5.51. The van der Waals surface area contributed by atoms with Gasteiger partial charge in [0, 0.05) is 37.3 Å². The Kier molecular flexibility index (Phi) is 4.33. The first kappa shape index (κ1) is 16.5. The minimum atomic E-state index is -4.64. The number of nitrogens with one attached hydrogen (secondary N) is 1. The molecule has 3 aromatic rings. The van der Waals surface area contributed by atoms with E-state index in [4.69, 9.17) is 9.52 Å². The van der Waals surface area contributed by atoms with E-state index in [1.165, 1.54) is 0 Å². The molecule has 0 fully saturated rings. The number of nitrogens with zero attached hydrogens (tertiary/aromatic N) is 2. The van der Waals surface area contributed by atoms with E-state index >= 15 is 0 Å². The number of halogens is 3. The number of fused-ring (bicyclic) bond motifs is 1. The Balaban J connectivity index is 1.78. The Hall–Kier alpha value is -2.32. The second-order valence-corrected chi connectivity index (χ2v) is 5.51. The number of rotatable bonds is 5. The van der Waals surface area contributed by atoms with Crippen LogP contribution in [0.2, 0.25) is 0 Å². The lowest BCUT2D eigenvalue weighted by Gasteiger charge is -2.14. The van der Waals surface area contributed by atoms with E-state index in [1.807, 2.05) is 30.3 Å². The lowest BCUT2D eigenvalue weighted by atomic mass is 10.2. The molecule has 2 heterocycles. The topological polar surface area (TPSA) is 63.2 Å². The summed E-state index contributed by atoms with van der Waals surface area (Å²) >= 11 is 0. The fraction of sp³-hybridized carbons (Fsp3) is 0.312. The lowest BCUT2D eigenvalue weighted by molar-refractivity contribution is -0.201. The summed E-state index contributed by atoms with van der Waals surface area (Å²) < 4.78 is 44.3. The summed E-state index contributed by atoms with van der Waals surface area (Å²) in [7, 11) is 1.72. The molecule has 0 bridgehead atoms. The SMILES string of the molecule is Cn1cc(CNC[C@H](O)C(F)(F)F)c(-c2cc3ccccc3o2)n1. The van der Waals surface area contributed by atoms with E-state index in [1.54, 1.807) is 17.9 Å². The summed E-state index contributed by atoms with van der Waals surface area (Å²) in [6.45, 7) is -0.453. The van der Waals surface area contributed by atoms with Crippen molar-refractivity contribution in [2.75, 3.05) is 6.54 Å². The van der Waals surface area contributed by atoms with E-state index in [0.717, 1.165) is 5.39 Å². The maximum Gasteiger partial charge on any atom is 0.415 e. The van der Waals surface area contributed by atoms with Crippen LogP contribution in [0.3, 0.4) is 0 Å². The highest BCUT2D eigenvalue weighted by Crippen LogP contribution is 2.29. The molecule has 0 aliphatic rings. The van der Waals surface area contributed by atoms with Crippen LogP contribution in [0.4, 0.5) is 13.2 Å². The summed E-state index contributed by atoms with van der Waals surface area (Å²) in [5.41, 5.74) is 1.96. The third-order valence-electron chi connectivity index (χ3n) is 3.59. The van der Waals surface area contributed by atoms with Gasteiger partial charge in [-0.15, -0.1) is 0 Å². The number of aromatic nitrogens is 2. The molecule has 0 saturated carbocycles. The van der Waals surface area contributed by atoms with Crippen molar-refractivity contribution < 1.29 is 22.7 Å². The predicted molar refractivity (Wildman–Crippen MR) is 82.2 cm³/mol. The van der Waals surface area contributed by atoms with Crippen LogP contribution in [-0.4, -0.2) is 33.7 Å². The van der Waals surface area contributed by atoms with Crippen molar-refractivity contribution in [1.82, 2.24) is 15.1 Å². The molecule has 5 nitrogen and oxygen atoms in total. The number of benzene rings is 1. The Morgan fingerprint density at radius 2 is 2.08 bits per heavy atom. The summed E-state index contributed by atoms with van der Waals surface area (Å²) in [5, 5.41) is 16.9. The highest BCUT2D eigenvalue weighted by molar-refractivity contribution is 5.82. The predicted octanol–water partition coefficient (Wildman–Crippen LogP) is 2.85. The first-order valence-corrected chi connectivity index (χ1v) is 7.31. The van der Waals surface area contributed by atoms with Crippen LogP contribution in [-0.2, 0) is 13.6 Å². The molecular weight excluding hydrogens is 323 g/mol. The zero-order valence-corrected chi connectivity index (χ0v) is 12.8. The van der Waals surface area contributed by atoms with Crippen LogP contribution < -0.4 is 5.32 Å². The fourth-order valence-corrected chi connectivity index (χ4v) is 2.43. The molecule has 0 saturated heterocycles. The van der Waals surface area contributed by atoms with Crippen LogP contribution in [0.15, 0.2) is 40.9 Å². The molecule has 0 unspecified atom stereocenters. The number of aliphatic hydroxyl groups excluding tert-OH is 1. The Labute approximate surface area is 135 Å². The Morgan fingerprint density at radius 1 is 1.33 bits per heavy atom. The molecule has 2 N–H and O–H groups in total. The summed E-state index contributed by atoms with van der Waals surface area (Å²) in [5.74, 6) is 0.546. The van der Waals surface area contributed by atoms with E-state index in [-0.39, 0.29) is 6.54 Å². The minimum Gasteiger partial charge on any atom is -0.454 e. The van der Waals surface area contributed by atoms with Crippen LogP contribution in [0.25, 0.3) is 22.4 Å². The van der Waals surface area contributed by atoms with Crippen LogP contribution >= 0.6 is 0 Å². The maximum absolute atomic E-state index is 12.3. The fourth-order valence-electron chi connectivity index (χ4n) is 2.43. The van der Waals surface area contributed by atoms with Gasteiger partial charge in [0.25, 0.3) is 0 Å². The number of hydrogen-bond acceptors (Lipinski definition) is 4. The maximum atomic E-state index is 12.3. The van der Waals surface area contributed by atoms with Crippen molar-refractivity contribution in [3.63, 3.8) is 0 Å². The third kappa shape index (κ3) is 3.44. The van der Waals surface area contributed by atoms with E-state index in [9.17, 15) is 13.2 Å². The largest absolute Gasteiger partial charge is 0.454 e. The summed E-state index contributed by atoms with van der Waals surface area (Å²) in [4.78, 5) is 0. The normalized spacial score (nSPS) is 13.5. The van der Waals surface area contributed by atoms with Gasteiger partial charge in [-0.1, -0.05) is 18.2 Å². The monoisotopic (exact) mass is 339 g/mol. The van der Waals surface area contributed by atoms with Crippen LogP contribution in [0.1, 0.15) is 5.56 Å². The van der Waals surface area contributed by atoms with E-state index < -0.39 is 18.8 Å². The highest BCUT2D eigenvalue weighted by atomic mass is 19.4. The average molecular weight is 339 g/mol. The van der Waals surface area contributed by atoms with Crippen molar-refractivity contribution in [1.29, 1.82) is 0 Å². The summed E-state index contributed by atoms with van der Waals surface area (Å²) in [6, 6.07) is 9.32. The third-order valence-corrected chi connectivity index (χ3v) is 3.59. The molecule has 0 radical (unpaired) electrons. The molecule has 0 aliphatic carbocycles. The molecule has 2 aromatic heterocycles. The van der Waals surface area contributed by atoms with E-state index in [0.29, 0.717) is 22.6 Å². The van der Waals surface area contributed by atoms with Crippen molar-refractivity contribution in [2.45, 2.75) is 18.8 Å². The number of alkyl halides is 3. The van der Waals surface area contributed by atoms with Gasteiger partial charge in [0.1, 0.15) is 11.3 Å². The zero-order chi connectivity index (χ0) is 17.3. The zero-order valence-electron chi connectivity index (χ0n) is 12.8. The molecule has 0 aliphatic heterocycles. The van der Waals surface area contributed by atoms with Gasteiger partial charge in [-0.3, -0.25) is 4.68 Å². The minimum absolute atomic E-state index is 0.132. The quantitative estimate of drug-likeness (QED) is 0.750. The van der Waals surface area contributed by atoms with Crippen molar-refractivity contribution in [3.8, 4) is 11.5 Å². The molecule has 24 heavy (non-hydrogen) atoms. The Morgan fingerprint density at radius 3 is 2.79 bits per heavy atom. The number of hydrogen-bond donors (Lipinski definition) is 2. The number of aliphatic hydroxyl groups is 1. The standard InChI is InChI=1S/C16H16F3N3O2/c1-22-9-11(7-20-8-14(23)16(17,18)19)15(21-22)13-6-10-4-2-3-5-12(10)24-13/h2-6,9,14,20,23H,7-8H2,1H3/t14-/m0/s1. The Bertz CT molecular complexity index is 806. The summed E-state index contributed by atoms with van der Waals surface area (Å²) in [6.07, 6.45) is -5.33. The molecule has 1 aromatic carbocycles. The molecule has 1 atom stereocenters. The first-order valence-electron chi connectivity index (χ1n) is 7.31. The molecule has 3 rings (SSSR count). The van der Waals surface area contributed by atoms with Gasteiger partial charge in [-0.2, -0.15) is 18.3 Å². The molecular formula is C16H16F3N3O2. The number of para-hydroxylation sites is 1. The van der Waals surface area contributed by atoms with Crippen molar-refractivity contribution in [3.05, 3.63) is 42.1 Å². The smallest absolute Gasteiger partial charge is 0.415 e. The van der Waals surface area contributed by atoms with Gasteiger partial charge in [-0.25, -0.2) is 0 Å². The second kappa shape index (κ2) is 6.29. The van der Waals surface area contributed by atoms with Gasteiger partial charge >= 0.3 is 6.18 Å². The van der Waals surface area contributed by atoms with Crippen molar-refractivity contribution in [2.24, 2.45) is 7.05 Å². The molecule has 8 heteroatoms. The first-order chi connectivity index (χ1) is 11.3. The lowest BCUT2D eigenvalue weighted by Crippen LogP contribution is -2.38. The van der Waals surface area contributed by atoms with Crippen molar-refractivity contribution >= 4 is 11.0 Å². The molecule has 0 amide bonds. The molecule has 0 spiro atoms. The van der Waals surface area contributed by atoms with Gasteiger partial charge in [0.15, 0.2) is 11.9 Å². The van der Waals surface area contributed by atoms with Crippen LogP contribution in [0.5, 0.6) is 0 Å². The van der Waals surface area contributed by atoms with E-state index in [2.05, 4.69) is 10.4 Å². The van der Waals surface area contributed by atoms with Gasteiger partial charge in [0.2, 0.25) is 0 Å². The molecule has 128 valence electrons. The van der Waals surface area contributed by atoms with Gasteiger partial charge in [0.05, 0.1) is 0 Å². The van der Waals surface area contributed by atoms with Gasteiger partial charge < -0.3 is 14.8 Å².